The summed E-state index contributed by atoms with van der Waals surface area (Å²) >= 11 is 0. The Morgan fingerprint density at radius 2 is 2.06 bits per heavy atom. The van der Waals surface area contributed by atoms with E-state index in [1.54, 1.807) is 0 Å². The summed E-state index contributed by atoms with van der Waals surface area (Å²) in [7, 11) is 0. The molecule has 0 atom stereocenters. The van der Waals surface area contributed by atoms with E-state index in [2.05, 4.69) is 9.97 Å². The second kappa shape index (κ2) is 3.06. The standard InChI is InChI=1S/C12H8N2O2/c15-12(16)8-5-6-13-10-7-3-1-2-4-9(7)14-11(8)10/h1-6,14H,(H,15,16). The van der Waals surface area contributed by atoms with Crippen LogP contribution < -0.4 is 0 Å². The van der Waals surface area contributed by atoms with Gasteiger partial charge in [-0.25, -0.2) is 4.79 Å². The first-order valence-electron chi connectivity index (χ1n) is 4.86. The third kappa shape index (κ3) is 1.10. The van der Waals surface area contributed by atoms with Crippen LogP contribution in [0.3, 0.4) is 0 Å². The molecule has 78 valence electrons. The van der Waals surface area contributed by atoms with Gasteiger partial charge in [-0.2, -0.15) is 0 Å². The SMILES string of the molecule is O=C(O)c1ccnc2c1[nH]c1ccccc12. The van der Waals surface area contributed by atoms with Crippen molar-refractivity contribution in [3.05, 3.63) is 42.1 Å². The first kappa shape index (κ1) is 8.91. The lowest BCUT2D eigenvalue weighted by atomic mass is 10.2. The molecule has 0 fully saturated rings. The van der Waals surface area contributed by atoms with Crippen LogP contribution in [-0.2, 0) is 0 Å². The van der Waals surface area contributed by atoms with Gasteiger partial charge >= 0.3 is 5.97 Å². The van der Waals surface area contributed by atoms with Crippen molar-refractivity contribution < 1.29 is 9.90 Å². The van der Waals surface area contributed by atoms with E-state index in [-0.39, 0.29) is 5.56 Å². The van der Waals surface area contributed by atoms with Crippen molar-refractivity contribution in [1.82, 2.24) is 9.97 Å². The van der Waals surface area contributed by atoms with E-state index in [0.29, 0.717) is 11.0 Å². The molecule has 0 saturated carbocycles. The van der Waals surface area contributed by atoms with Crippen LogP contribution in [-0.4, -0.2) is 21.0 Å². The van der Waals surface area contributed by atoms with Gasteiger partial charge in [0.2, 0.25) is 0 Å². The molecule has 0 saturated heterocycles. The molecule has 0 aliphatic rings. The quantitative estimate of drug-likeness (QED) is 0.651. The highest BCUT2D eigenvalue weighted by Crippen LogP contribution is 2.25. The number of H-pyrrole nitrogens is 1. The fourth-order valence-corrected chi connectivity index (χ4v) is 1.90. The number of hydrogen-bond donors (Lipinski definition) is 2. The summed E-state index contributed by atoms with van der Waals surface area (Å²) in [5, 5.41) is 10.0. The zero-order valence-corrected chi connectivity index (χ0v) is 8.27. The number of rotatable bonds is 1. The Morgan fingerprint density at radius 1 is 1.25 bits per heavy atom. The van der Waals surface area contributed by atoms with Crippen LogP contribution in [0, 0.1) is 0 Å². The lowest BCUT2D eigenvalue weighted by Gasteiger charge is -1.95. The molecule has 0 bridgehead atoms. The minimum atomic E-state index is -0.945. The molecule has 0 unspecified atom stereocenters. The van der Waals surface area contributed by atoms with Crippen LogP contribution in [0.15, 0.2) is 36.5 Å². The van der Waals surface area contributed by atoms with Crippen molar-refractivity contribution in [3.63, 3.8) is 0 Å². The van der Waals surface area contributed by atoms with Gasteiger partial charge in [0.05, 0.1) is 16.6 Å². The van der Waals surface area contributed by atoms with E-state index < -0.39 is 5.97 Å². The van der Waals surface area contributed by atoms with Crippen LogP contribution >= 0.6 is 0 Å². The first-order chi connectivity index (χ1) is 7.77. The highest BCUT2D eigenvalue weighted by molar-refractivity contribution is 6.11. The van der Waals surface area contributed by atoms with Gasteiger partial charge in [0.15, 0.2) is 0 Å². The molecule has 0 amide bonds. The summed E-state index contributed by atoms with van der Waals surface area (Å²) < 4.78 is 0. The number of aromatic amines is 1. The van der Waals surface area contributed by atoms with Gasteiger partial charge in [-0.3, -0.25) is 4.98 Å². The number of fused-ring (bicyclic) bond motifs is 3. The van der Waals surface area contributed by atoms with Gasteiger partial charge in [0.1, 0.15) is 0 Å². The lowest BCUT2D eigenvalue weighted by Crippen LogP contribution is -1.97. The van der Waals surface area contributed by atoms with E-state index in [9.17, 15) is 4.79 Å². The van der Waals surface area contributed by atoms with E-state index >= 15 is 0 Å². The second-order valence-corrected chi connectivity index (χ2v) is 3.56. The summed E-state index contributed by atoms with van der Waals surface area (Å²) in [6.07, 6.45) is 1.52. The van der Waals surface area contributed by atoms with Gasteiger partial charge in [-0.05, 0) is 12.1 Å². The number of hydrogen-bond acceptors (Lipinski definition) is 2. The second-order valence-electron chi connectivity index (χ2n) is 3.56. The number of para-hydroxylation sites is 1. The molecule has 1 aromatic carbocycles. The van der Waals surface area contributed by atoms with Gasteiger partial charge in [-0.15, -0.1) is 0 Å². The molecule has 3 rings (SSSR count). The Morgan fingerprint density at radius 3 is 2.88 bits per heavy atom. The number of nitrogens with one attached hydrogen (secondary N) is 1. The molecule has 2 N–H and O–H groups in total. The first-order valence-corrected chi connectivity index (χ1v) is 4.86. The Labute approximate surface area is 90.5 Å². The molecule has 16 heavy (non-hydrogen) atoms. The van der Waals surface area contributed by atoms with Crippen LogP contribution in [0.25, 0.3) is 21.9 Å². The highest BCUT2D eigenvalue weighted by Gasteiger charge is 2.12. The maximum absolute atomic E-state index is 11.0. The largest absolute Gasteiger partial charge is 0.478 e. The molecule has 2 heterocycles. The van der Waals surface area contributed by atoms with Gasteiger partial charge < -0.3 is 10.1 Å². The lowest BCUT2D eigenvalue weighted by molar-refractivity contribution is 0.0699. The Kier molecular flexibility index (Phi) is 1.71. The maximum Gasteiger partial charge on any atom is 0.337 e. The van der Waals surface area contributed by atoms with Crippen LogP contribution in [0.1, 0.15) is 10.4 Å². The smallest absolute Gasteiger partial charge is 0.337 e. The Hall–Kier alpha value is -2.36. The van der Waals surface area contributed by atoms with Crippen LogP contribution in [0.2, 0.25) is 0 Å². The van der Waals surface area contributed by atoms with Crippen molar-refractivity contribution in [3.8, 4) is 0 Å². The number of aromatic carboxylic acids is 1. The monoisotopic (exact) mass is 212 g/mol. The molecule has 0 radical (unpaired) electrons. The third-order valence-electron chi connectivity index (χ3n) is 2.62. The van der Waals surface area contributed by atoms with Crippen molar-refractivity contribution in [2.45, 2.75) is 0 Å². The number of aromatic nitrogens is 2. The number of pyridine rings is 1. The molecule has 2 aromatic heterocycles. The average Bonchev–Trinajstić information content (AvgIpc) is 2.67. The van der Waals surface area contributed by atoms with Crippen molar-refractivity contribution in [2.75, 3.05) is 0 Å². The average molecular weight is 212 g/mol. The Bertz CT molecular complexity index is 700. The minimum Gasteiger partial charge on any atom is -0.478 e. The summed E-state index contributed by atoms with van der Waals surface area (Å²) in [4.78, 5) is 18.3. The van der Waals surface area contributed by atoms with Crippen molar-refractivity contribution in [2.24, 2.45) is 0 Å². The van der Waals surface area contributed by atoms with Crippen molar-refractivity contribution >= 4 is 27.9 Å². The molecular formula is C12H8N2O2. The molecule has 0 spiro atoms. The minimum absolute atomic E-state index is 0.251. The third-order valence-corrected chi connectivity index (χ3v) is 2.62. The molecule has 4 heteroatoms. The molecule has 0 aliphatic heterocycles. The van der Waals surface area contributed by atoms with E-state index in [1.165, 1.54) is 12.3 Å². The maximum atomic E-state index is 11.0. The number of carboxylic acids is 1. The topological polar surface area (TPSA) is 66.0 Å². The van der Waals surface area contributed by atoms with Gasteiger partial charge in [0.25, 0.3) is 0 Å². The predicted octanol–water partition coefficient (Wildman–Crippen LogP) is 2.41. The summed E-state index contributed by atoms with van der Waals surface area (Å²) in [6, 6.07) is 9.14. The number of benzene rings is 1. The fourth-order valence-electron chi connectivity index (χ4n) is 1.90. The van der Waals surface area contributed by atoms with E-state index in [4.69, 9.17) is 5.11 Å². The van der Waals surface area contributed by atoms with E-state index in [0.717, 1.165) is 10.9 Å². The summed E-state index contributed by atoms with van der Waals surface area (Å²) in [6.45, 7) is 0. The number of nitrogens with zero attached hydrogens (tertiary/aromatic N) is 1. The van der Waals surface area contributed by atoms with Gasteiger partial charge in [0, 0.05) is 17.1 Å². The fraction of sp³-hybridized carbons (Fsp3) is 0. The molecule has 4 nitrogen and oxygen atoms in total. The Balaban J connectivity index is 2.54. The predicted molar refractivity (Wildman–Crippen MR) is 60.6 cm³/mol. The summed E-state index contributed by atoms with van der Waals surface area (Å²) in [5.41, 5.74) is 2.44. The highest BCUT2D eigenvalue weighted by atomic mass is 16.4. The summed E-state index contributed by atoms with van der Waals surface area (Å²) in [5.74, 6) is -0.945. The van der Waals surface area contributed by atoms with Crippen LogP contribution in [0.4, 0.5) is 0 Å². The number of carboxylic acid groups (broad SMARTS) is 1. The van der Waals surface area contributed by atoms with Crippen LogP contribution in [0.5, 0.6) is 0 Å². The molecule has 0 aliphatic carbocycles. The van der Waals surface area contributed by atoms with E-state index in [1.807, 2.05) is 24.3 Å². The molecule has 3 aromatic rings. The molecular weight excluding hydrogens is 204 g/mol. The van der Waals surface area contributed by atoms with Gasteiger partial charge in [-0.1, -0.05) is 18.2 Å². The van der Waals surface area contributed by atoms with Crippen molar-refractivity contribution in [1.29, 1.82) is 0 Å². The zero-order chi connectivity index (χ0) is 11.1. The number of carbonyl (C=O) groups is 1. The normalized spacial score (nSPS) is 11.0. The zero-order valence-electron chi connectivity index (χ0n) is 8.27.